The normalized spacial score (nSPS) is 16.0. The maximum atomic E-state index is 13.1. The van der Waals surface area contributed by atoms with E-state index in [1.165, 1.54) is 12.1 Å². The summed E-state index contributed by atoms with van der Waals surface area (Å²) in [6.07, 6.45) is 2.48. The van der Waals surface area contributed by atoms with Crippen LogP contribution in [0.3, 0.4) is 0 Å². The quantitative estimate of drug-likeness (QED) is 0.911. The lowest BCUT2D eigenvalue weighted by Crippen LogP contribution is -2.47. The molecule has 2 aromatic rings. The fourth-order valence-electron chi connectivity index (χ4n) is 3.08. The largest absolute Gasteiger partial charge is 0.388 e. The number of nitrogens with one attached hydrogen (secondary N) is 1. The van der Waals surface area contributed by atoms with Crippen LogP contribution in [0.1, 0.15) is 41.0 Å². The number of aromatic nitrogens is 1. The van der Waals surface area contributed by atoms with E-state index in [0.29, 0.717) is 5.56 Å². The number of carbonyl (C=O) groups excluding carboxylic acids is 1. The molecule has 0 atom stereocenters. The molecule has 1 aromatic heterocycles. The van der Waals surface area contributed by atoms with Crippen molar-refractivity contribution < 1.29 is 14.3 Å². The zero-order valence-electron chi connectivity index (χ0n) is 13.4. The molecule has 0 spiro atoms. The Bertz CT molecular complexity index is 730. The van der Waals surface area contributed by atoms with Gasteiger partial charge >= 0.3 is 0 Å². The number of hydrogen-bond acceptors (Lipinski definition) is 2. The second-order valence-corrected chi connectivity index (χ2v) is 6.36. The van der Waals surface area contributed by atoms with Crippen LogP contribution in [0.4, 0.5) is 4.39 Å². The van der Waals surface area contributed by atoms with Gasteiger partial charge in [-0.15, -0.1) is 0 Å². The van der Waals surface area contributed by atoms with Crippen LogP contribution in [0.15, 0.2) is 30.3 Å². The maximum Gasteiger partial charge on any atom is 0.253 e. The first-order valence-electron chi connectivity index (χ1n) is 7.85. The summed E-state index contributed by atoms with van der Waals surface area (Å²) in [6.45, 7) is 4.06. The highest BCUT2D eigenvalue weighted by Crippen LogP contribution is 2.30. The van der Waals surface area contributed by atoms with Gasteiger partial charge in [0.2, 0.25) is 0 Å². The van der Waals surface area contributed by atoms with E-state index >= 15 is 0 Å². The van der Waals surface area contributed by atoms with Crippen molar-refractivity contribution in [1.82, 2.24) is 9.88 Å². The molecule has 122 valence electrons. The number of hydrogen-bond donors (Lipinski definition) is 2. The van der Waals surface area contributed by atoms with Gasteiger partial charge in [0.1, 0.15) is 5.82 Å². The zero-order valence-corrected chi connectivity index (χ0v) is 13.4. The first-order valence-corrected chi connectivity index (χ1v) is 7.85. The van der Waals surface area contributed by atoms with Crippen LogP contribution in [-0.2, 0) is 0 Å². The lowest BCUT2D eigenvalue weighted by atomic mass is 9.80. The van der Waals surface area contributed by atoms with Crippen molar-refractivity contribution in [3.63, 3.8) is 0 Å². The van der Waals surface area contributed by atoms with Gasteiger partial charge in [-0.05, 0) is 63.4 Å². The van der Waals surface area contributed by atoms with E-state index < -0.39 is 5.60 Å². The van der Waals surface area contributed by atoms with Gasteiger partial charge in [0.15, 0.2) is 0 Å². The molecule has 3 rings (SSSR count). The fourth-order valence-corrected chi connectivity index (χ4v) is 3.08. The summed E-state index contributed by atoms with van der Waals surface area (Å²) >= 11 is 0. The summed E-state index contributed by atoms with van der Waals surface area (Å²) in [7, 11) is 0. The number of benzene rings is 1. The molecule has 0 aliphatic heterocycles. The van der Waals surface area contributed by atoms with E-state index in [1.54, 1.807) is 12.1 Å². The molecule has 23 heavy (non-hydrogen) atoms. The van der Waals surface area contributed by atoms with Gasteiger partial charge in [0.25, 0.3) is 5.91 Å². The van der Waals surface area contributed by atoms with E-state index in [9.17, 15) is 14.3 Å². The monoisotopic (exact) mass is 316 g/mol. The second kappa shape index (κ2) is 5.81. The molecule has 0 bridgehead atoms. The Labute approximate surface area is 134 Å². The van der Waals surface area contributed by atoms with Crippen LogP contribution in [0.5, 0.6) is 0 Å². The molecule has 0 radical (unpaired) electrons. The number of aliphatic hydroxyl groups is 1. The molecule has 1 saturated carbocycles. The minimum atomic E-state index is -0.738. The lowest BCUT2D eigenvalue weighted by Gasteiger charge is -2.36. The van der Waals surface area contributed by atoms with Crippen LogP contribution < -0.4 is 5.32 Å². The summed E-state index contributed by atoms with van der Waals surface area (Å²) in [4.78, 5) is 12.4. The highest BCUT2D eigenvalue weighted by molar-refractivity contribution is 5.96. The highest BCUT2D eigenvalue weighted by Gasteiger charge is 2.34. The number of aryl methyl sites for hydroxylation is 1. The Hall–Kier alpha value is -2.14. The van der Waals surface area contributed by atoms with E-state index in [4.69, 9.17) is 0 Å². The smallest absolute Gasteiger partial charge is 0.253 e. The molecule has 1 aliphatic rings. The van der Waals surface area contributed by atoms with Gasteiger partial charge in [-0.25, -0.2) is 4.39 Å². The molecule has 2 N–H and O–H groups in total. The molecule has 1 aromatic carbocycles. The Morgan fingerprint density at radius 3 is 2.52 bits per heavy atom. The van der Waals surface area contributed by atoms with Crippen molar-refractivity contribution in [3.05, 3.63) is 53.1 Å². The van der Waals surface area contributed by atoms with Crippen molar-refractivity contribution in [1.29, 1.82) is 0 Å². The molecule has 1 fully saturated rings. The summed E-state index contributed by atoms with van der Waals surface area (Å²) < 4.78 is 15.0. The third-order valence-corrected chi connectivity index (χ3v) is 4.62. The third kappa shape index (κ3) is 3.01. The van der Waals surface area contributed by atoms with Gasteiger partial charge in [-0.2, -0.15) is 0 Å². The van der Waals surface area contributed by atoms with Crippen molar-refractivity contribution in [3.8, 4) is 5.69 Å². The number of rotatable bonds is 4. The molecule has 0 saturated heterocycles. The molecule has 0 unspecified atom stereocenters. The van der Waals surface area contributed by atoms with Crippen molar-refractivity contribution in [2.45, 2.75) is 38.7 Å². The zero-order chi connectivity index (χ0) is 16.6. The molecular formula is C18H21FN2O2. The van der Waals surface area contributed by atoms with E-state index in [2.05, 4.69) is 5.32 Å². The molecule has 5 heteroatoms. The van der Waals surface area contributed by atoms with Crippen molar-refractivity contribution >= 4 is 5.91 Å². The molecule has 4 nitrogen and oxygen atoms in total. The average Bonchev–Trinajstić information content (AvgIpc) is 2.79. The van der Waals surface area contributed by atoms with Crippen molar-refractivity contribution in [2.75, 3.05) is 6.54 Å². The van der Waals surface area contributed by atoms with Gasteiger partial charge in [0, 0.05) is 23.6 Å². The first kappa shape index (κ1) is 15.7. The second-order valence-electron chi connectivity index (χ2n) is 6.36. The average molecular weight is 316 g/mol. The minimum absolute atomic E-state index is 0.188. The minimum Gasteiger partial charge on any atom is -0.388 e. The Balaban J connectivity index is 1.82. The summed E-state index contributed by atoms with van der Waals surface area (Å²) in [5.41, 5.74) is 2.36. The van der Waals surface area contributed by atoms with Gasteiger partial charge in [-0.1, -0.05) is 0 Å². The maximum absolute atomic E-state index is 13.1. The predicted molar refractivity (Wildman–Crippen MR) is 86.3 cm³/mol. The summed E-state index contributed by atoms with van der Waals surface area (Å²) in [6, 6.07) is 8.00. The fraction of sp³-hybridized carbons (Fsp3) is 0.389. The summed E-state index contributed by atoms with van der Waals surface area (Å²) in [5.74, 6) is -0.477. The topological polar surface area (TPSA) is 54.3 Å². The van der Waals surface area contributed by atoms with Crippen LogP contribution >= 0.6 is 0 Å². The number of halogens is 1. The standard InChI is InChI=1S/C18H21FN2O2/c1-12-10-16(17(22)20-11-18(23)8-3-9-18)13(2)21(12)15-6-4-14(19)5-7-15/h4-7,10,23H,3,8-9,11H2,1-2H3,(H,20,22). The number of nitrogens with zero attached hydrogens (tertiary/aromatic N) is 1. The first-order chi connectivity index (χ1) is 10.9. The Kier molecular flexibility index (Phi) is 3.98. The number of carbonyl (C=O) groups is 1. The van der Waals surface area contributed by atoms with Crippen LogP contribution in [0, 0.1) is 19.7 Å². The SMILES string of the molecule is Cc1cc(C(=O)NCC2(O)CCC2)c(C)n1-c1ccc(F)cc1. The highest BCUT2D eigenvalue weighted by atomic mass is 19.1. The van der Waals surface area contributed by atoms with Gasteiger partial charge < -0.3 is 15.0 Å². The van der Waals surface area contributed by atoms with E-state index in [1.807, 2.05) is 24.5 Å². The number of amides is 1. The van der Waals surface area contributed by atoms with Gasteiger partial charge in [0.05, 0.1) is 11.2 Å². The van der Waals surface area contributed by atoms with Crippen LogP contribution in [0.2, 0.25) is 0 Å². The molecular weight excluding hydrogens is 295 g/mol. The van der Waals surface area contributed by atoms with E-state index in [-0.39, 0.29) is 18.3 Å². The Morgan fingerprint density at radius 2 is 1.96 bits per heavy atom. The molecule has 1 aliphatic carbocycles. The Morgan fingerprint density at radius 1 is 1.30 bits per heavy atom. The summed E-state index contributed by atoms with van der Waals surface area (Å²) in [5, 5.41) is 12.9. The molecule has 1 amide bonds. The predicted octanol–water partition coefficient (Wildman–Crippen LogP) is 2.88. The van der Waals surface area contributed by atoms with E-state index in [0.717, 1.165) is 36.3 Å². The molecule has 1 heterocycles. The van der Waals surface area contributed by atoms with Crippen LogP contribution in [0.25, 0.3) is 5.69 Å². The third-order valence-electron chi connectivity index (χ3n) is 4.62. The van der Waals surface area contributed by atoms with Gasteiger partial charge in [-0.3, -0.25) is 4.79 Å². The lowest BCUT2D eigenvalue weighted by molar-refractivity contribution is -0.0300. The van der Waals surface area contributed by atoms with Crippen LogP contribution in [-0.4, -0.2) is 27.7 Å². The van der Waals surface area contributed by atoms with Crippen molar-refractivity contribution in [2.24, 2.45) is 0 Å².